The Morgan fingerprint density at radius 3 is 2.62 bits per heavy atom. The van der Waals surface area contributed by atoms with Crippen molar-refractivity contribution in [1.29, 1.82) is 0 Å². The molecule has 3 rings (SSSR count). The number of allylic oxidation sites excluding steroid dienone is 1. The third-order valence-corrected chi connectivity index (χ3v) is 4.81. The van der Waals surface area contributed by atoms with E-state index in [9.17, 15) is 9.90 Å². The molecule has 152 valence electrons. The van der Waals surface area contributed by atoms with Crippen molar-refractivity contribution in [3.8, 4) is 17.2 Å². The van der Waals surface area contributed by atoms with E-state index in [-0.39, 0.29) is 17.6 Å². The van der Waals surface area contributed by atoms with Crippen LogP contribution in [0.15, 0.2) is 43.0 Å². The van der Waals surface area contributed by atoms with Crippen LogP contribution in [0.5, 0.6) is 11.5 Å². The number of benzene rings is 2. The summed E-state index contributed by atoms with van der Waals surface area (Å²) in [6.45, 7) is 11.3. The molecule has 0 saturated carbocycles. The van der Waals surface area contributed by atoms with Crippen molar-refractivity contribution in [2.45, 2.75) is 39.5 Å². The van der Waals surface area contributed by atoms with E-state index in [4.69, 9.17) is 16.3 Å². The lowest BCUT2D eigenvalue weighted by molar-refractivity contribution is -0.138. The maximum atomic E-state index is 12.4. The Balaban J connectivity index is 2.11. The molecule has 0 amide bonds. The van der Waals surface area contributed by atoms with Crippen molar-refractivity contribution in [2.24, 2.45) is 5.92 Å². The predicted octanol–water partition coefficient (Wildman–Crippen LogP) is 5.19. The van der Waals surface area contributed by atoms with Gasteiger partial charge in [0.25, 0.3) is 0 Å². The van der Waals surface area contributed by atoms with Crippen LogP contribution in [0, 0.1) is 5.92 Å². The Hall–Kier alpha value is -2.86. The van der Waals surface area contributed by atoms with Crippen LogP contribution in [-0.4, -0.2) is 26.1 Å². The largest absolute Gasteiger partial charge is 0.505 e. The Morgan fingerprint density at radius 1 is 1.28 bits per heavy atom. The third kappa shape index (κ3) is 4.43. The first-order valence-corrected chi connectivity index (χ1v) is 9.71. The van der Waals surface area contributed by atoms with Crippen molar-refractivity contribution in [2.75, 3.05) is 0 Å². The van der Waals surface area contributed by atoms with E-state index in [1.807, 2.05) is 20.8 Å². The first kappa shape index (κ1) is 20.9. The number of aromatic nitrogens is 3. The maximum absolute atomic E-state index is 12.4. The minimum Gasteiger partial charge on any atom is -0.505 e. The Kier molecular flexibility index (Phi) is 5.66. The van der Waals surface area contributed by atoms with E-state index in [2.05, 4.69) is 16.8 Å². The fraction of sp³-hybridized carbons (Fsp3) is 0.318. The van der Waals surface area contributed by atoms with Gasteiger partial charge in [-0.15, -0.1) is 21.6 Å². The Labute approximate surface area is 174 Å². The molecule has 1 unspecified atom stereocenters. The minimum absolute atomic E-state index is 0.0304. The van der Waals surface area contributed by atoms with Gasteiger partial charge < -0.3 is 9.84 Å². The highest BCUT2D eigenvalue weighted by atomic mass is 35.5. The molecule has 0 radical (unpaired) electrons. The number of phenolic OH excluding ortho intramolecular Hbond substituents is 1. The lowest BCUT2D eigenvalue weighted by Gasteiger charge is -2.23. The third-order valence-electron chi connectivity index (χ3n) is 4.57. The van der Waals surface area contributed by atoms with Gasteiger partial charge in [0.05, 0.1) is 5.92 Å². The summed E-state index contributed by atoms with van der Waals surface area (Å²) in [5.74, 6) is -0.340. The number of hydrogen-bond acceptors (Lipinski definition) is 5. The summed E-state index contributed by atoms with van der Waals surface area (Å²) in [6, 6.07) is 8.41. The average Bonchev–Trinajstić information content (AvgIpc) is 3.05. The van der Waals surface area contributed by atoms with E-state index in [0.717, 1.165) is 0 Å². The van der Waals surface area contributed by atoms with E-state index in [0.29, 0.717) is 39.5 Å². The highest BCUT2D eigenvalue weighted by Crippen LogP contribution is 2.38. The normalized spacial score (nSPS) is 12.7. The second-order valence-electron chi connectivity index (χ2n) is 8.06. The quantitative estimate of drug-likeness (QED) is 0.353. The van der Waals surface area contributed by atoms with Crippen LogP contribution in [0.25, 0.3) is 16.7 Å². The predicted molar refractivity (Wildman–Crippen MR) is 114 cm³/mol. The van der Waals surface area contributed by atoms with Gasteiger partial charge in [0, 0.05) is 16.7 Å². The summed E-state index contributed by atoms with van der Waals surface area (Å²) in [6.07, 6.45) is 2.20. The highest BCUT2D eigenvalue weighted by Gasteiger charge is 2.25. The summed E-state index contributed by atoms with van der Waals surface area (Å²) in [5.41, 5.74) is 1.77. The van der Waals surface area contributed by atoms with Gasteiger partial charge in [-0.3, -0.25) is 4.79 Å². The van der Waals surface area contributed by atoms with Crippen LogP contribution in [0.4, 0.5) is 0 Å². The zero-order valence-electron chi connectivity index (χ0n) is 16.9. The van der Waals surface area contributed by atoms with E-state index < -0.39 is 5.41 Å². The fourth-order valence-electron chi connectivity index (χ4n) is 2.93. The zero-order valence-corrected chi connectivity index (χ0v) is 17.7. The molecule has 0 fully saturated rings. The van der Waals surface area contributed by atoms with Crippen LogP contribution >= 0.6 is 11.6 Å². The zero-order chi connectivity index (χ0) is 21.3. The van der Waals surface area contributed by atoms with Gasteiger partial charge in [-0.25, -0.2) is 0 Å². The smallest absolute Gasteiger partial charge is 0.314 e. The van der Waals surface area contributed by atoms with Crippen LogP contribution in [0.3, 0.4) is 0 Å². The fourth-order valence-corrected chi connectivity index (χ4v) is 3.10. The lowest BCUT2D eigenvalue weighted by atomic mass is 9.86. The standard InChI is InChI=1S/C22H24ClN3O3/c1-6-7-13(2)21(28)29-15-11-16(22(3,4)5)20(27)19(12-15)26-24-17-9-8-14(23)10-18(17)25-26/h6,8-13,27H,1,7H2,2-5H3. The summed E-state index contributed by atoms with van der Waals surface area (Å²) >= 11 is 6.04. The molecule has 1 aromatic heterocycles. The molecular weight excluding hydrogens is 390 g/mol. The Morgan fingerprint density at radius 2 is 1.97 bits per heavy atom. The molecule has 0 aliphatic rings. The number of hydrogen-bond donors (Lipinski definition) is 1. The average molecular weight is 414 g/mol. The van der Waals surface area contributed by atoms with E-state index in [1.165, 1.54) is 4.80 Å². The first-order valence-electron chi connectivity index (χ1n) is 9.33. The number of rotatable bonds is 5. The van der Waals surface area contributed by atoms with Gasteiger partial charge in [0.1, 0.15) is 28.2 Å². The molecule has 0 aliphatic carbocycles. The SMILES string of the molecule is C=CCC(C)C(=O)Oc1cc(-n2nc3ccc(Cl)cc3n2)c(O)c(C(C)(C)C)c1. The molecule has 1 atom stereocenters. The van der Waals surface area contributed by atoms with Gasteiger partial charge in [-0.05, 0) is 36.1 Å². The summed E-state index contributed by atoms with van der Waals surface area (Å²) < 4.78 is 5.59. The lowest BCUT2D eigenvalue weighted by Crippen LogP contribution is -2.19. The number of esters is 1. The number of carbonyl (C=O) groups is 1. The number of carbonyl (C=O) groups excluding carboxylic acids is 1. The molecule has 0 saturated heterocycles. The van der Waals surface area contributed by atoms with Gasteiger partial charge in [0.2, 0.25) is 0 Å². The Bertz CT molecular complexity index is 1080. The van der Waals surface area contributed by atoms with Crippen LogP contribution in [0.2, 0.25) is 5.02 Å². The van der Waals surface area contributed by atoms with Crippen molar-refractivity contribution in [1.82, 2.24) is 15.0 Å². The molecule has 2 aromatic carbocycles. The molecule has 29 heavy (non-hydrogen) atoms. The van der Waals surface area contributed by atoms with Crippen molar-refractivity contribution in [3.63, 3.8) is 0 Å². The summed E-state index contributed by atoms with van der Waals surface area (Å²) in [7, 11) is 0. The molecular formula is C22H24ClN3O3. The number of halogens is 1. The maximum Gasteiger partial charge on any atom is 0.314 e. The summed E-state index contributed by atoms with van der Waals surface area (Å²) in [5, 5.41) is 20.3. The van der Waals surface area contributed by atoms with Crippen LogP contribution in [0.1, 0.15) is 39.7 Å². The van der Waals surface area contributed by atoms with Crippen LogP contribution in [-0.2, 0) is 10.2 Å². The minimum atomic E-state index is -0.399. The molecule has 0 bridgehead atoms. The molecule has 3 aromatic rings. The number of nitrogens with zero attached hydrogens (tertiary/aromatic N) is 3. The number of aromatic hydroxyl groups is 1. The second kappa shape index (κ2) is 7.87. The molecule has 1 heterocycles. The first-order chi connectivity index (χ1) is 13.6. The molecule has 1 N–H and O–H groups in total. The van der Waals surface area contributed by atoms with Crippen molar-refractivity contribution < 1.29 is 14.6 Å². The van der Waals surface area contributed by atoms with E-state index in [1.54, 1.807) is 43.3 Å². The van der Waals surface area contributed by atoms with E-state index >= 15 is 0 Å². The molecule has 7 heteroatoms. The topological polar surface area (TPSA) is 77.2 Å². The van der Waals surface area contributed by atoms with Crippen molar-refractivity contribution in [3.05, 3.63) is 53.6 Å². The van der Waals surface area contributed by atoms with Gasteiger partial charge in [0.15, 0.2) is 0 Å². The summed E-state index contributed by atoms with van der Waals surface area (Å²) in [4.78, 5) is 13.7. The number of fused-ring (bicyclic) bond motifs is 1. The number of phenols is 1. The monoisotopic (exact) mass is 413 g/mol. The second-order valence-corrected chi connectivity index (χ2v) is 8.49. The molecule has 6 nitrogen and oxygen atoms in total. The van der Waals surface area contributed by atoms with Gasteiger partial charge in [-0.1, -0.05) is 45.4 Å². The number of ether oxygens (including phenoxy) is 1. The molecule has 0 spiro atoms. The molecule has 0 aliphatic heterocycles. The highest BCUT2D eigenvalue weighted by molar-refractivity contribution is 6.31. The van der Waals surface area contributed by atoms with Crippen LogP contribution < -0.4 is 4.74 Å². The van der Waals surface area contributed by atoms with Crippen molar-refractivity contribution >= 4 is 28.6 Å². The van der Waals surface area contributed by atoms with Gasteiger partial charge in [-0.2, -0.15) is 0 Å². The van der Waals surface area contributed by atoms with Gasteiger partial charge >= 0.3 is 5.97 Å².